The van der Waals surface area contributed by atoms with E-state index < -0.39 is 12.1 Å². The van der Waals surface area contributed by atoms with Gasteiger partial charge in [-0.25, -0.2) is 0 Å². The summed E-state index contributed by atoms with van der Waals surface area (Å²) in [4.78, 5) is 27.5. The van der Waals surface area contributed by atoms with Crippen LogP contribution in [0.25, 0.3) is 0 Å². The van der Waals surface area contributed by atoms with Crippen LogP contribution in [0.4, 0.5) is 11.4 Å². The van der Waals surface area contributed by atoms with Gasteiger partial charge in [0.2, 0.25) is 0 Å². The number of hydrogen-bond donors (Lipinski definition) is 1. The fraction of sp³-hybridized carbons (Fsp3) is 0.333. The second-order valence-electron chi connectivity index (χ2n) is 6.51. The lowest BCUT2D eigenvalue weighted by atomic mass is 10.2. The number of halogens is 1. The van der Waals surface area contributed by atoms with E-state index in [1.165, 1.54) is 11.8 Å². The molecule has 1 unspecified atom stereocenters. The Morgan fingerprint density at radius 3 is 2.45 bits per heavy atom. The van der Waals surface area contributed by atoms with Gasteiger partial charge in [0, 0.05) is 33.8 Å². The number of hydrogen-bond acceptors (Lipinski definition) is 6. The average molecular weight is 479 g/mol. The Morgan fingerprint density at radius 1 is 1.14 bits per heavy atom. The maximum Gasteiger partial charge on any atom is 0.317 e. The van der Waals surface area contributed by atoms with E-state index in [0.717, 1.165) is 41.4 Å². The molecule has 1 aliphatic heterocycles. The predicted octanol–water partition coefficient (Wildman–Crippen LogP) is 3.95. The van der Waals surface area contributed by atoms with Crippen molar-refractivity contribution in [3.8, 4) is 0 Å². The van der Waals surface area contributed by atoms with Gasteiger partial charge >= 0.3 is 5.97 Å². The minimum Gasteiger partial charge on any atom is -0.452 e. The third kappa shape index (κ3) is 6.76. The van der Waals surface area contributed by atoms with Gasteiger partial charge in [0.15, 0.2) is 6.10 Å². The van der Waals surface area contributed by atoms with Crippen LogP contribution in [0.15, 0.2) is 57.9 Å². The van der Waals surface area contributed by atoms with Gasteiger partial charge in [0.25, 0.3) is 5.91 Å². The number of ether oxygens (including phenoxy) is 2. The van der Waals surface area contributed by atoms with Crippen molar-refractivity contribution < 1.29 is 19.1 Å². The first-order valence-electron chi connectivity index (χ1n) is 9.33. The fourth-order valence-corrected chi connectivity index (χ4v) is 3.72. The number of esters is 1. The van der Waals surface area contributed by atoms with Gasteiger partial charge < -0.3 is 19.7 Å². The minimum absolute atomic E-state index is 0.146. The number of nitrogens with one attached hydrogen (secondary N) is 1. The number of carbonyl (C=O) groups excluding carboxylic acids is 2. The molecule has 1 fully saturated rings. The molecular formula is C21H23BrN2O4S. The zero-order chi connectivity index (χ0) is 20.6. The predicted molar refractivity (Wildman–Crippen MR) is 119 cm³/mol. The highest BCUT2D eigenvalue weighted by Crippen LogP contribution is 2.21. The molecule has 0 aliphatic carbocycles. The summed E-state index contributed by atoms with van der Waals surface area (Å²) < 4.78 is 11.6. The third-order valence-corrected chi connectivity index (χ3v) is 5.87. The smallest absolute Gasteiger partial charge is 0.317 e. The van der Waals surface area contributed by atoms with Crippen LogP contribution in [0.3, 0.4) is 0 Å². The topological polar surface area (TPSA) is 67.9 Å². The van der Waals surface area contributed by atoms with Crippen LogP contribution in [0.2, 0.25) is 0 Å². The summed E-state index contributed by atoms with van der Waals surface area (Å²) in [6.45, 7) is 4.73. The Bertz CT molecular complexity index is 824. The molecule has 0 radical (unpaired) electrons. The van der Waals surface area contributed by atoms with E-state index >= 15 is 0 Å². The van der Waals surface area contributed by atoms with E-state index in [1.807, 2.05) is 48.5 Å². The number of amides is 1. The first kappa shape index (κ1) is 21.7. The molecule has 1 atom stereocenters. The van der Waals surface area contributed by atoms with Crippen LogP contribution in [0.1, 0.15) is 6.92 Å². The number of morpholine rings is 1. The van der Waals surface area contributed by atoms with Crippen molar-refractivity contribution in [1.29, 1.82) is 0 Å². The molecule has 0 bridgehead atoms. The molecule has 154 valence electrons. The number of rotatable bonds is 7. The second-order valence-corrected chi connectivity index (χ2v) is 8.47. The summed E-state index contributed by atoms with van der Waals surface area (Å²) in [5.41, 5.74) is 1.76. The van der Waals surface area contributed by atoms with E-state index in [0.29, 0.717) is 5.69 Å². The summed E-state index contributed by atoms with van der Waals surface area (Å²) in [6, 6.07) is 15.3. The van der Waals surface area contributed by atoms with Gasteiger partial charge in [0.05, 0.1) is 19.0 Å². The van der Waals surface area contributed by atoms with Crippen LogP contribution < -0.4 is 10.2 Å². The maximum atomic E-state index is 12.3. The van der Waals surface area contributed by atoms with Crippen LogP contribution in [0, 0.1) is 0 Å². The molecule has 2 aromatic rings. The first-order valence-corrected chi connectivity index (χ1v) is 11.1. The van der Waals surface area contributed by atoms with Gasteiger partial charge in [-0.15, -0.1) is 11.8 Å². The van der Waals surface area contributed by atoms with Crippen molar-refractivity contribution in [2.75, 3.05) is 42.3 Å². The van der Waals surface area contributed by atoms with Crippen molar-refractivity contribution >= 4 is 50.9 Å². The van der Waals surface area contributed by atoms with E-state index in [9.17, 15) is 9.59 Å². The van der Waals surface area contributed by atoms with Crippen molar-refractivity contribution in [2.24, 2.45) is 0 Å². The summed E-state index contributed by atoms with van der Waals surface area (Å²) in [5.74, 6) is -0.637. The second kappa shape index (κ2) is 10.7. The standard InChI is InChI=1S/C21H23BrN2O4S/c1-15(28-20(25)14-29-19-8-2-16(22)3-9-19)21(26)23-17-4-6-18(7-5-17)24-10-12-27-13-11-24/h2-9,15H,10-14H2,1H3,(H,23,26). The number of benzene rings is 2. The highest BCUT2D eigenvalue weighted by Gasteiger charge is 2.18. The Hall–Kier alpha value is -2.03. The lowest BCUT2D eigenvalue weighted by molar-refractivity contribution is -0.150. The van der Waals surface area contributed by atoms with Gasteiger partial charge in [-0.3, -0.25) is 9.59 Å². The van der Waals surface area contributed by atoms with Gasteiger partial charge in [-0.1, -0.05) is 15.9 Å². The maximum absolute atomic E-state index is 12.3. The molecule has 2 aromatic carbocycles. The van der Waals surface area contributed by atoms with Crippen molar-refractivity contribution in [2.45, 2.75) is 17.9 Å². The monoisotopic (exact) mass is 478 g/mol. The van der Waals surface area contributed by atoms with Crippen LogP contribution in [0.5, 0.6) is 0 Å². The molecule has 8 heteroatoms. The van der Waals surface area contributed by atoms with Crippen LogP contribution >= 0.6 is 27.7 Å². The molecule has 3 rings (SSSR count). The van der Waals surface area contributed by atoms with E-state index in [1.54, 1.807) is 6.92 Å². The minimum atomic E-state index is -0.869. The molecule has 1 aliphatic rings. The Kier molecular flexibility index (Phi) is 7.97. The molecule has 6 nitrogen and oxygen atoms in total. The lowest BCUT2D eigenvalue weighted by Gasteiger charge is -2.28. The van der Waals surface area contributed by atoms with Crippen molar-refractivity contribution in [1.82, 2.24) is 0 Å². The molecule has 1 amide bonds. The third-order valence-electron chi connectivity index (χ3n) is 4.36. The summed E-state index contributed by atoms with van der Waals surface area (Å²) in [7, 11) is 0. The Labute approximate surface area is 183 Å². The number of carbonyl (C=O) groups is 2. The first-order chi connectivity index (χ1) is 14.0. The molecule has 0 aromatic heterocycles. The zero-order valence-corrected chi connectivity index (χ0v) is 18.5. The Balaban J connectivity index is 1.44. The van der Waals surface area contributed by atoms with E-state index in [4.69, 9.17) is 9.47 Å². The number of anilines is 2. The summed E-state index contributed by atoms with van der Waals surface area (Å²) in [5, 5.41) is 2.79. The SMILES string of the molecule is CC(OC(=O)CSc1ccc(Br)cc1)C(=O)Nc1ccc(N2CCOCC2)cc1. The molecule has 1 N–H and O–H groups in total. The number of thioether (sulfide) groups is 1. The number of nitrogens with zero attached hydrogens (tertiary/aromatic N) is 1. The summed E-state index contributed by atoms with van der Waals surface area (Å²) >= 11 is 4.74. The molecule has 1 saturated heterocycles. The van der Waals surface area contributed by atoms with Crippen LogP contribution in [-0.2, 0) is 19.1 Å². The summed E-state index contributed by atoms with van der Waals surface area (Å²) in [6.07, 6.45) is -0.869. The van der Waals surface area contributed by atoms with Gasteiger partial charge in [-0.05, 0) is 55.5 Å². The lowest BCUT2D eigenvalue weighted by Crippen LogP contribution is -2.36. The molecule has 0 spiro atoms. The zero-order valence-electron chi connectivity index (χ0n) is 16.1. The van der Waals surface area contributed by atoms with Crippen molar-refractivity contribution in [3.63, 3.8) is 0 Å². The largest absolute Gasteiger partial charge is 0.452 e. The highest BCUT2D eigenvalue weighted by atomic mass is 79.9. The Morgan fingerprint density at radius 2 is 1.79 bits per heavy atom. The van der Waals surface area contributed by atoms with E-state index in [2.05, 4.69) is 26.1 Å². The fourth-order valence-electron chi connectivity index (χ4n) is 2.78. The molecular weight excluding hydrogens is 456 g/mol. The highest BCUT2D eigenvalue weighted by molar-refractivity contribution is 9.10. The quantitative estimate of drug-likeness (QED) is 0.479. The van der Waals surface area contributed by atoms with E-state index in [-0.39, 0.29) is 11.7 Å². The van der Waals surface area contributed by atoms with Crippen molar-refractivity contribution in [3.05, 3.63) is 53.0 Å². The average Bonchev–Trinajstić information content (AvgIpc) is 2.74. The molecule has 29 heavy (non-hydrogen) atoms. The van der Waals surface area contributed by atoms with Crippen LogP contribution in [-0.4, -0.2) is 50.0 Å². The van der Waals surface area contributed by atoms with Gasteiger partial charge in [0.1, 0.15) is 0 Å². The van der Waals surface area contributed by atoms with Gasteiger partial charge in [-0.2, -0.15) is 0 Å². The normalized spacial score (nSPS) is 14.9. The molecule has 0 saturated carbocycles. The molecule has 1 heterocycles.